The van der Waals surface area contributed by atoms with E-state index in [0.717, 1.165) is 25.1 Å². The Morgan fingerprint density at radius 3 is 2.86 bits per heavy atom. The monoisotopic (exact) mass is 188 g/mol. The highest BCUT2D eigenvalue weighted by Gasteiger charge is 2.46. The predicted molar refractivity (Wildman–Crippen MR) is 54.1 cm³/mol. The van der Waals surface area contributed by atoms with Crippen LogP contribution in [0.1, 0.15) is 12.0 Å². The molecule has 1 aromatic carbocycles. The molecule has 1 saturated heterocycles. The van der Waals surface area contributed by atoms with Crippen LogP contribution in [0.5, 0.6) is 0 Å². The average molecular weight is 188 g/mol. The Morgan fingerprint density at radius 1 is 1.29 bits per heavy atom. The number of hydrogen-bond acceptors (Lipinski definition) is 2. The molecule has 0 aliphatic carbocycles. The summed E-state index contributed by atoms with van der Waals surface area (Å²) < 4.78 is 0. The van der Waals surface area contributed by atoms with E-state index in [1.54, 1.807) is 0 Å². The van der Waals surface area contributed by atoms with Crippen LogP contribution >= 0.6 is 0 Å². The third-order valence-corrected chi connectivity index (χ3v) is 3.16. The molecule has 0 bridgehead atoms. The van der Waals surface area contributed by atoms with E-state index in [0.29, 0.717) is 0 Å². The summed E-state index contributed by atoms with van der Waals surface area (Å²) >= 11 is 0. The van der Waals surface area contributed by atoms with Crippen molar-refractivity contribution in [3.8, 4) is 0 Å². The van der Waals surface area contributed by atoms with Gasteiger partial charge in [-0.3, -0.25) is 4.79 Å². The van der Waals surface area contributed by atoms with Crippen LogP contribution in [-0.2, 0) is 11.2 Å². The quantitative estimate of drug-likeness (QED) is 0.635. The molecule has 2 N–H and O–H groups in total. The SMILES string of the molecule is O=C1NCCC12Cc1ccccc1N2. The number of amides is 1. The number of fused-ring (bicyclic) bond motifs is 1. The maximum absolute atomic E-state index is 11.7. The molecular weight excluding hydrogens is 176 g/mol. The molecule has 1 atom stereocenters. The van der Waals surface area contributed by atoms with Crippen molar-refractivity contribution in [2.45, 2.75) is 18.4 Å². The van der Waals surface area contributed by atoms with Crippen LogP contribution in [0.3, 0.4) is 0 Å². The number of anilines is 1. The lowest BCUT2D eigenvalue weighted by Crippen LogP contribution is -2.43. The highest BCUT2D eigenvalue weighted by Crippen LogP contribution is 2.36. The molecular formula is C11H12N2O. The van der Waals surface area contributed by atoms with E-state index in [1.165, 1.54) is 5.56 Å². The number of para-hydroxylation sites is 1. The van der Waals surface area contributed by atoms with E-state index in [2.05, 4.69) is 16.7 Å². The van der Waals surface area contributed by atoms with Crippen molar-refractivity contribution in [2.24, 2.45) is 0 Å². The van der Waals surface area contributed by atoms with Crippen LogP contribution in [-0.4, -0.2) is 18.0 Å². The van der Waals surface area contributed by atoms with Crippen LogP contribution in [0.15, 0.2) is 24.3 Å². The first-order chi connectivity index (χ1) is 6.80. The van der Waals surface area contributed by atoms with E-state index in [9.17, 15) is 4.79 Å². The Hall–Kier alpha value is -1.51. The second-order valence-corrected chi connectivity index (χ2v) is 4.05. The second-order valence-electron chi connectivity index (χ2n) is 4.05. The van der Waals surface area contributed by atoms with Gasteiger partial charge >= 0.3 is 0 Å². The highest BCUT2D eigenvalue weighted by molar-refractivity contribution is 5.94. The van der Waals surface area contributed by atoms with Crippen LogP contribution in [0.2, 0.25) is 0 Å². The fraction of sp³-hybridized carbons (Fsp3) is 0.364. The Bertz CT molecular complexity index is 375. The van der Waals surface area contributed by atoms with Crippen molar-refractivity contribution in [2.75, 3.05) is 11.9 Å². The Morgan fingerprint density at radius 2 is 2.14 bits per heavy atom. The van der Waals surface area contributed by atoms with Crippen molar-refractivity contribution < 1.29 is 4.79 Å². The van der Waals surface area contributed by atoms with Gasteiger partial charge in [0.1, 0.15) is 5.54 Å². The lowest BCUT2D eigenvalue weighted by molar-refractivity contribution is -0.122. The molecule has 1 aromatic rings. The standard InChI is InChI=1S/C11H12N2O/c14-10-11(5-6-12-10)7-8-3-1-2-4-9(8)13-11/h1-4,13H,5-7H2,(H,12,14). The van der Waals surface area contributed by atoms with E-state index in [-0.39, 0.29) is 11.4 Å². The minimum Gasteiger partial charge on any atom is -0.371 e. The van der Waals surface area contributed by atoms with Gasteiger partial charge in [-0.15, -0.1) is 0 Å². The van der Waals surface area contributed by atoms with E-state index < -0.39 is 0 Å². The third-order valence-electron chi connectivity index (χ3n) is 3.16. The molecule has 72 valence electrons. The van der Waals surface area contributed by atoms with Gasteiger partial charge in [-0.05, 0) is 18.1 Å². The highest BCUT2D eigenvalue weighted by atomic mass is 16.2. The van der Waals surface area contributed by atoms with Crippen LogP contribution in [0.4, 0.5) is 5.69 Å². The van der Waals surface area contributed by atoms with Crippen molar-refractivity contribution in [1.82, 2.24) is 5.32 Å². The van der Waals surface area contributed by atoms with Gasteiger partial charge in [-0.25, -0.2) is 0 Å². The molecule has 2 heterocycles. The minimum absolute atomic E-state index is 0.147. The van der Waals surface area contributed by atoms with Crippen molar-refractivity contribution in [1.29, 1.82) is 0 Å². The molecule has 14 heavy (non-hydrogen) atoms. The molecule has 1 spiro atoms. The molecule has 2 aliphatic rings. The number of carbonyl (C=O) groups is 1. The van der Waals surface area contributed by atoms with Gasteiger partial charge in [-0.2, -0.15) is 0 Å². The summed E-state index contributed by atoms with van der Waals surface area (Å²) in [7, 11) is 0. The first-order valence-electron chi connectivity index (χ1n) is 4.95. The van der Waals surface area contributed by atoms with Gasteiger partial charge in [0, 0.05) is 18.7 Å². The second kappa shape index (κ2) is 2.50. The summed E-state index contributed by atoms with van der Waals surface area (Å²) in [6, 6.07) is 8.14. The fourth-order valence-corrected chi connectivity index (χ4v) is 2.38. The summed E-state index contributed by atoms with van der Waals surface area (Å²) in [5, 5.41) is 6.23. The Balaban J connectivity index is 2.01. The maximum Gasteiger partial charge on any atom is 0.246 e. The van der Waals surface area contributed by atoms with E-state index in [4.69, 9.17) is 0 Å². The molecule has 1 unspecified atom stereocenters. The topological polar surface area (TPSA) is 41.1 Å². The number of carbonyl (C=O) groups excluding carboxylic acids is 1. The molecule has 3 heteroatoms. The van der Waals surface area contributed by atoms with Crippen LogP contribution in [0, 0.1) is 0 Å². The molecule has 1 amide bonds. The largest absolute Gasteiger partial charge is 0.371 e. The molecule has 3 rings (SSSR count). The van der Waals surface area contributed by atoms with Crippen molar-refractivity contribution in [3.05, 3.63) is 29.8 Å². The Labute approximate surface area is 82.5 Å². The average Bonchev–Trinajstić information content (AvgIpc) is 2.71. The number of benzene rings is 1. The van der Waals surface area contributed by atoms with Crippen molar-refractivity contribution >= 4 is 11.6 Å². The molecule has 0 aromatic heterocycles. The third kappa shape index (κ3) is 0.895. The smallest absolute Gasteiger partial charge is 0.246 e. The zero-order chi connectivity index (χ0) is 9.60. The van der Waals surface area contributed by atoms with Crippen LogP contribution < -0.4 is 10.6 Å². The zero-order valence-electron chi connectivity index (χ0n) is 7.84. The maximum atomic E-state index is 11.7. The van der Waals surface area contributed by atoms with Gasteiger partial charge in [0.25, 0.3) is 0 Å². The molecule has 0 saturated carbocycles. The summed E-state index contributed by atoms with van der Waals surface area (Å²) in [5.41, 5.74) is 2.03. The first-order valence-corrected chi connectivity index (χ1v) is 4.95. The number of rotatable bonds is 0. The zero-order valence-corrected chi connectivity index (χ0v) is 7.84. The van der Waals surface area contributed by atoms with Gasteiger partial charge in [0.2, 0.25) is 5.91 Å². The van der Waals surface area contributed by atoms with Crippen molar-refractivity contribution in [3.63, 3.8) is 0 Å². The molecule has 0 radical (unpaired) electrons. The summed E-state index contributed by atoms with van der Waals surface area (Å²) in [4.78, 5) is 11.7. The number of hydrogen-bond donors (Lipinski definition) is 2. The number of nitrogens with one attached hydrogen (secondary N) is 2. The summed E-state index contributed by atoms with van der Waals surface area (Å²) in [6.45, 7) is 0.791. The van der Waals surface area contributed by atoms with Gasteiger partial charge < -0.3 is 10.6 Å². The van der Waals surface area contributed by atoms with Gasteiger partial charge in [0.05, 0.1) is 0 Å². The molecule has 1 fully saturated rings. The molecule has 2 aliphatic heterocycles. The first kappa shape index (κ1) is 7.85. The lowest BCUT2D eigenvalue weighted by Gasteiger charge is -2.20. The fourth-order valence-electron chi connectivity index (χ4n) is 2.38. The van der Waals surface area contributed by atoms with Gasteiger partial charge in [-0.1, -0.05) is 18.2 Å². The predicted octanol–water partition coefficient (Wildman–Crippen LogP) is 0.913. The molecule has 3 nitrogen and oxygen atoms in total. The van der Waals surface area contributed by atoms with Gasteiger partial charge in [0.15, 0.2) is 0 Å². The minimum atomic E-state index is -0.344. The Kier molecular flexibility index (Phi) is 1.40. The summed E-state index contributed by atoms with van der Waals surface area (Å²) in [6.07, 6.45) is 1.72. The van der Waals surface area contributed by atoms with E-state index in [1.807, 2.05) is 18.2 Å². The lowest BCUT2D eigenvalue weighted by atomic mass is 9.94. The summed E-state index contributed by atoms with van der Waals surface area (Å²) in [5.74, 6) is 0.147. The van der Waals surface area contributed by atoms with Crippen LogP contribution in [0.25, 0.3) is 0 Å². The normalized spacial score (nSPS) is 28.7. The van der Waals surface area contributed by atoms with E-state index >= 15 is 0 Å².